The molecule has 27 heavy (non-hydrogen) atoms. The summed E-state index contributed by atoms with van der Waals surface area (Å²) in [6.45, 7) is 2.39. The molecule has 1 amide bonds. The number of carbonyl (C=O) groups is 1. The normalized spacial score (nSPS) is 10.9. The van der Waals surface area contributed by atoms with E-state index < -0.39 is 11.7 Å². The fraction of sp³-hybridized carbons (Fsp3) is 0.190. The lowest BCUT2D eigenvalue weighted by atomic mass is 9.96. The molecule has 0 atom stereocenters. The maximum Gasteiger partial charge on any atom is 0.416 e. The molecule has 0 aromatic heterocycles. The molecule has 3 aromatic carbocycles. The largest absolute Gasteiger partial charge is 0.416 e. The van der Waals surface area contributed by atoms with E-state index in [4.69, 9.17) is 0 Å². The predicted molar refractivity (Wildman–Crippen MR) is 103 cm³/mol. The Bertz CT molecular complexity index is 919. The summed E-state index contributed by atoms with van der Waals surface area (Å²) >= 11 is 0. The molecule has 0 aliphatic carbocycles. The first kappa shape index (κ1) is 20.5. The molecule has 3 aromatic rings. The molecule has 0 unspecified atom stereocenters. The summed E-state index contributed by atoms with van der Waals surface area (Å²) in [5, 5.41) is 4.49. The van der Waals surface area contributed by atoms with Crippen LogP contribution in [0.25, 0.3) is 21.9 Å². The second kappa shape index (κ2) is 8.68. The maximum absolute atomic E-state index is 12.7. The number of benzene rings is 3. The van der Waals surface area contributed by atoms with Gasteiger partial charge in [0, 0.05) is 12.1 Å². The van der Waals surface area contributed by atoms with Gasteiger partial charge in [0.1, 0.15) is 0 Å². The predicted octanol–water partition coefficient (Wildman–Crippen LogP) is 4.85. The van der Waals surface area contributed by atoms with Crippen LogP contribution >= 0.6 is 0 Å². The van der Waals surface area contributed by atoms with Crippen LogP contribution in [0, 0.1) is 0 Å². The number of amides is 1. The Morgan fingerprint density at radius 1 is 1.00 bits per heavy atom. The van der Waals surface area contributed by atoms with Gasteiger partial charge in [-0.2, -0.15) is 13.2 Å². The van der Waals surface area contributed by atoms with E-state index in [0.29, 0.717) is 17.7 Å². The fourth-order valence-electron chi connectivity index (χ4n) is 2.78. The lowest BCUT2D eigenvalue weighted by Gasteiger charge is -2.11. The molecule has 0 saturated carbocycles. The highest BCUT2D eigenvalue weighted by Crippen LogP contribution is 2.33. The minimum absolute atomic E-state index is 0.149. The van der Waals surface area contributed by atoms with Crippen LogP contribution in [-0.4, -0.2) is 19.5 Å². The summed E-state index contributed by atoms with van der Waals surface area (Å²) < 4.78 is 38.2. The summed E-state index contributed by atoms with van der Waals surface area (Å²) in [7, 11) is 1.50. The van der Waals surface area contributed by atoms with Crippen molar-refractivity contribution >= 4 is 16.7 Å². The van der Waals surface area contributed by atoms with Crippen molar-refractivity contribution < 1.29 is 18.0 Å². The Kier molecular flexibility index (Phi) is 6.58. The number of nitrogens with two attached hydrogens (primary N) is 1. The molecule has 0 bridgehead atoms. The number of rotatable bonds is 3. The molecule has 0 heterocycles. The summed E-state index contributed by atoms with van der Waals surface area (Å²) in [5.74, 6) is -0.149. The Hall–Kier alpha value is -2.86. The summed E-state index contributed by atoms with van der Waals surface area (Å²) in [6, 6.07) is 16.0. The van der Waals surface area contributed by atoms with Crippen LogP contribution in [0.1, 0.15) is 22.8 Å². The molecule has 3 rings (SSSR count). The Labute approximate surface area is 156 Å². The smallest absolute Gasteiger partial charge is 0.352 e. The van der Waals surface area contributed by atoms with E-state index in [1.807, 2.05) is 31.2 Å². The van der Waals surface area contributed by atoms with Crippen LogP contribution in [0.15, 0.2) is 60.7 Å². The maximum atomic E-state index is 12.7. The van der Waals surface area contributed by atoms with Crippen molar-refractivity contribution in [1.29, 1.82) is 0 Å². The summed E-state index contributed by atoms with van der Waals surface area (Å²) in [6.07, 6.45) is -4.35. The molecule has 0 radical (unpaired) electrons. The van der Waals surface area contributed by atoms with Crippen LogP contribution in [0.4, 0.5) is 13.2 Å². The number of carbonyl (C=O) groups excluding carboxylic acids is 1. The fourth-order valence-corrected chi connectivity index (χ4v) is 2.78. The second-order valence-electron chi connectivity index (χ2n) is 5.68. The number of hydrogen-bond donors (Lipinski definition) is 2. The van der Waals surface area contributed by atoms with E-state index >= 15 is 0 Å². The average molecular weight is 374 g/mol. The molecule has 3 N–H and O–H groups in total. The van der Waals surface area contributed by atoms with Gasteiger partial charge in [0.05, 0.1) is 5.56 Å². The van der Waals surface area contributed by atoms with E-state index in [0.717, 1.165) is 28.5 Å². The molecule has 0 fully saturated rings. The zero-order valence-electron chi connectivity index (χ0n) is 15.1. The number of hydrogen-bond acceptors (Lipinski definition) is 2. The lowest BCUT2D eigenvalue weighted by molar-refractivity contribution is -0.137. The van der Waals surface area contributed by atoms with Gasteiger partial charge in [-0.05, 0) is 60.1 Å². The van der Waals surface area contributed by atoms with Crippen LogP contribution < -0.4 is 11.1 Å². The van der Waals surface area contributed by atoms with Gasteiger partial charge in [0.2, 0.25) is 0 Å². The van der Waals surface area contributed by atoms with Gasteiger partial charge in [-0.25, -0.2) is 0 Å². The van der Waals surface area contributed by atoms with Crippen molar-refractivity contribution in [3.8, 4) is 11.1 Å². The van der Waals surface area contributed by atoms with Crippen LogP contribution in [0.2, 0.25) is 0 Å². The minimum Gasteiger partial charge on any atom is -0.352 e. The SMILES string of the molecule is CCNC(=O)c1ccc2c(-c3ccc(C(F)(F)F)cc3)cccc2c1.CN. The third-order valence-electron chi connectivity index (χ3n) is 4.00. The Balaban J connectivity index is 0.00000126. The molecule has 0 aliphatic rings. The van der Waals surface area contributed by atoms with Gasteiger partial charge < -0.3 is 11.1 Å². The monoisotopic (exact) mass is 374 g/mol. The van der Waals surface area contributed by atoms with Gasteiger partial charge in [-0.15, -0.1) is 0 Å². The second-order valence-corrected chi connectivity index (χ2v) is 5.68. The van der Waals surface area contributed by atoms with Crippen molar-refractivity contribution in [3.05, 3.63) is 71.8 Å². The zero-order chi connectivity index (χ0) is 20.0. The van der Waals surface area contributed by atoms with Gasteiger partial charge in [-0.1, -0.05) is 36.4 Å². The highest BCUT2D eigenvalue weighted by molar-refractivity contribution is 6.02. The lowest BCUT2D eigenvalue weighted by Crippen LogP contribution is -2.22. The summed E-state index contributed by atoms with van der Waals surface area (Å²) in [4.78, 5) is 12.0. The molecular formula is C21H21F3N2O. The molecule has 142 valence electrons. The molecule has 3 nitrogen and oxygen atoms in total. The number of alkyl halides is 3. The standard InChI is InChI=1S/C20H16F3NO.CH5N/c1-2-24-19(25)15-8-11-18-14(12-15)4-3-5-17(18)13-6-9-16(10-7-13)20(21,22)23;1-2/h3-12H,2H2,1H3,(H,24,25);2H2,1H3. The number of halogens is 3. The van der Waals surface area contributed by atoms with Crippen molar-refractivity contribution in [3.63, 3.8) is 0 Å². The van der Waals surface area contributed by atoms with Crippen LogP contribution in [0.3, 0.4) is 0 Å². The highest BCUT2D eigenvalue weighted by atomic mass is 19.4. The number of fused-ring (bicyclic) bond motifs is 1. The van der Waals surface area contributed by atoms with E-state index in [1.165, 1.54) is 19.2 Å². The van der Waals surface area contributed by atoms with E-state index in [9.17, 15) is 18.0 Å². The number of nitrogens with one attached hydrogen (secondary N) is 1. The quantitative estimate of drug-likeness (QED) is 0.689. The van der Waals surface area contributed by atoms with E-state index in [1.54, 1.807) is 12.1 Å². The summed E-state index contributed by atoms with van der Waals surface area (Å²) in [5.41, 5.74) is 5.91. The first-order chi connectivity index (χ1) is 12.9. The molecular weight excluding hydrogens is 353 g/mol. The molecule has 0 saturated heterocycles. The topological polar surface area (TPSA) is 55.1 Å². The van der Waals surface area contributed by atoms with Crippen LogP contribution in [0.5, 0.6) is 0 Å². The van der Waals surface area contributed by atoms with Gasteiger partial charge in [-0.3, -0.25) is 4.79 Å². The third kappa shape index (κ3) is 4.65. The molecule has 6 heteroatoms. The Morgan fingerprint density at radius 2 is 1.67 bits per heavy atom. The minimum atomic E-state index is -4.35. The van der Waals surface area contributed by atoms with Gasteiger partial charge >= 0.3 is 6.18 Å². The van der Waals surface area contributed by atoms with Crippen LogP contribution in [-0.2, 0) is 6.18 Å². The van der Waals surface area contributed by atoms with Crippen molar-refractivity contribution in [2.75, 3.05) is 13.6 Å². The highest BCUT2D eigenvalue weighted by Gasteiger charge is 2.30. The average Bonchev–Trinajstić information content (AvgIpc) is 2.68. The van der Waals surface area contributed by atoms with Gasteiger partial charge in [0.15, 0.2) is 0 Å². The third-order valence-corrected chi connectivity index (χ3v) is 4.00. The zero-order valence-corrected chi connectivity index (χ0v) is 15.1. The molecule has 0 aliphatic heterocycles. The van der Waals surface area contributed by atoms with E-state index in [2.05, 4.69) is 11.1 Å². The van der Waals surface area contributed by atoms with Crippen molar-refractivity contribution in [1.82, 2.24) is 5.32 Å². The van der Waals surface area contributed by atoms with Crippen molar-refractivity contribution in [2.24, 2.45) is 5.73 Å². The Morgan fingerprint density at radius 3 is 2.26 bits per heavy atom. The van der Waals surface area contributed by atoms with Crippen molar-refractivity contribution in [2.45, 2.75) is 13.1 Å². The molecule has 0 spiro atoms. The first-order valence-corrected chi connectivity index (χ1v) is 8.46. The first-order valence-electron chi connectivity index (χ1n) is 8.46. The van der Waals surface area contributed by atoms with Gasteiger partial charge in [0.25, 0.3) is 5.91 Å². The van der Waals surface area contributed by atoms with E-state index in [-0.39, 0.29) is 5.91 Å².